The molecule has 1 aromatic rings. The number of sulfone groups is 1. The van der Waals surface area contributed by atoms with Crippen LogP contribution in [0, 0.1) is 0 Å². The Morgan fingerprint density at radius 3 is 2.42 bits per heavy atom. The highest BCUT2D eigenvalue weighted by Crippen LogP contribution is 2.31. The summed E-state index contributed by atoms with van der Waals surface area (Å²) < 4.78 is 25.7. The maximum absolute atomic E-state index is 12.6. The van der Waals surface area contributed by atoms with Gasteiger partial charge in [-0.3, -0.25) is 0 Å². The molecule has 0 aliphatic heterocycles. The molecule has 104 valence electrons. The molecule has 0 atom stereocenters. The largest absolute Gasteiger partial charge is 0.478 e. The standard InChI is InChI=1S/C13H15BrO4S/c14-9-6-7-11(13(15)16)12(8-9)19(17,18)10-4-2-1-3-5-10/h6-8,10H,1-5H2,(H,15,16). The minimum atomic E-state index is -3.57. The summed E-state index contributed by atoms with van der Waals surface area (Å²) in [7, 11) is -3.57. The Morgan fingerprint density at radius 2 is 1.84 bits per heavy atom. The van der Waals surface area contributed by atoms with E-state index in [1.807, 2.05) is 0 Å². The van der Waals surface area contributed by atoms with Crippen molar-refractivity contribution in [3.63, 3.8) is 0 Å². The van der Waals surface area contributed by atoms with Gasteiger partial charge < -0.3 is 5.11 Å². The quantitative estimate of drug-likeness (QED) is 0.911. The van der Waals surface area contributed by atoms with E-state index in [-0.39, 0.29) is 10.5 Å². The van der Waals surface area contributed by atoms with Crippen molar-refractivity contribution in [2.24, 2.45) is 0 Å². The number of hydrogen-bond donors (Lipinski definition) is 1. The minimum Gasteiger partial charge on any atom is -0.478 e. The number of rotatable bonds is 3. The van der Waals surface area contributed by atoms with Crippen LogP contribution < -0.4 is 0 Å². The fraction of sp³-hybridized carbons (Fsp3) is 0.462. The molecule has 19 heavy (non-hydrogen) atoms. The Balaban J connectivity index is 2.49. The number of carboxylic acids is 1. The molecule has 1 saturated carbocycles. The summed E-state index contributed by atoms with van der Waals surface area (Å²) in [5, 5.41) is 8.69. The van der Waals surface area contributed by atoms with E-state index in [1.165, 1.54) is 12.1 Å². The van der Waals surface area contributed by atoms with Crippen LogP contribution >= 0.6 is 15.9 Å². The van der Waals surface area contributed by atoms with Crippen LogP contribution in [-0.2, 0) is 9.84 Å². The van der Waals surface area contributed by atoms with E-state index in [0.29, 0.717) is 17.3 Å². The molecular formula is C13H15BrO4S. The molecule has 1 fully saturated rings. The molecule has 0 spiro atoms. The normalized spacial score (nSPS) is 17.3. The Morgan fingerprint density at radius 1 is 1.21 bits per heavy atom. The summed E-state index contributed by atoms with van der Waals surface area (Å²) >= 11 is 3.20. The molecule has 0 bridgehead atoms. The number of carboxylic acid groups (broad SMARTS) is 1. The van der Waals surface area contributed by atoms with Gasteiger partial charge in [-0.15, -0.1) is 0 Å². The third kappa shape index (κ3) is 3.00. The molecule has 1 aromatic carbocycles. The van der Waals surface area contributed by atoms with E-state index in [0.717, 1.165) is 19.3 Å². The van der Waals surface area contributed by atoms with Crippen molar-refractivity contribution in [3.8, 4) is 0 Å². The van der Waals surface area contributed by atoms with Crippen molar-refractivity contribution in [1.29, 1.82) is 0 Å². The van der Waals surface area contributed by atoms with Gasteiger partial charge in [0.1, 0.15) is 0 Å². The molecule has 0 amide bonds. The summed E-state index contributed by atoms with van der Waals surface area (Å²) in [4.78, 5) is 11.1. The Labute approximate surface area is 120 Å². The molecule has 4 nitrogen and oxygen atoms in total. The molecule has 6 heteroatoms. The van der Waals surface area contributed by atoms with Gasteiger partial charge in [0.25, 0.3) is 0 Å². The zero-order chi connectivity index (χ0) is 14.0. The maximum Gasteiger partial charge on any atom is 0.337 e. The lowest BCUT2D eigenvalue weighted by Gasteiger charge is -2.22. The molecule has 0 heterocycles. The zero-order valence-corrected chi connectivity index (χ0v) is 12.7. The second kappa shape index (κ2) is 5.63. The smallest absolute Gasteiger partial charge is 0.337 e. The third-order valence-electron chi connectivity index (χ3n) is 3.47. The number of hydrogen-bond acceptors (Lipinski definition) is 3. The number of halogens is 1. The van der Waals surface area contributed by atoms with Crippen molar-refractivity contribution in [1.82, 2.24) is 0 Å². The summed E-state index contributed by atoms with van der Waals surface area (Å²) in [6.07, 6.45) is 4.07. The Bertz CT molecular complexity index is 589. The highest BCUT2D eigenvalue weighted by atomic mass is 79.9. The molecular weight excluding hydrogens is 332 g/mol. The number of carbonyl (C=O) groups is 1. The first-order valence-electron chi connectivity index (χ1n) is 6.19. The molecule has 1 aliphatic carbocycles. The second-order valence-corrected chi connectivity index (χ2v) is 7.86. The highest BCUT2D eigenvalue weighted by molar-refractivity contribution is 9.10. The molecule has 0 radical (unpaired) electrons. The first-order valence-corrected chi connectivity index (χ1v) is 8.53. The summed E-state index contributed by atoms with van der Waals surface area (Å²) in [5.41, 5.74) is -0.145. The number of benzene rings is 1. The lowest BCUT2D eigenvalue weighted by Crippen LogP contribution is -2.25. The van der Waals surface area contributed by atoms with Gasteiger partial charge >= 0.3 is 5.97 Å². The van der Waals surface area contributed by atoms with Crippen molar-refractivity contribution in [2.75, 3.05) is 0 Å². The predicted octanol–water partition coefficient (Wildman–Crippen LogP) is 3.25. The molecule has 2 rings (SSSR count). The maximum atomic E-state index is 12.6. The monoisotopic (exact) mass is 346 g/mol. The van der Waals surface area contributed by atoms with E-state index in [4.69, 9.17) is 5.11 Å². The van der Waals surface area contributed by atoms with E-state index in [9.17, 15) is 13.2 Å². The van der Waals surface area contributed by atoms with E-state index >= 15 is 0 Å². The van der Waals surface area contributed by atoms with Crippen LogP contribution in [-0.4, -0.2) is 24.7 Å². The Kier molecular flexibility index (Phi) is 4.30. The average Bonchev–Trinajstić information content (AvgIpc) is 2.39. The molecule has 0 saturated heterocycles. The van der Waals surface area contributed by atoms with Gasteiger partial charge in [-0.1, -0.05) is 35.2 Å². The highest BCUT2D eigenvalue weighted by Gasteiger charge is 2.32. The number of aromatic carboxylic acids is 1. The first-order chi connectivity index (χ1) is 8.93. The van der Waals surface area contributed by atoms with E-state index in [2.05, 4.69) is 15.9 Å². The van der Waals surface area contributed by atoms with Crippen molar-refractivity contribution in [3.05, 3.63) is 28.2 Å². The summed E-state index contributed by atoms with van der Waals surface area (Å²) in [6, 6.07) is 4.28. The van der Waals surface area contributed by atoms with Crippen LogP contribution in [0.3, 0.4) is 0 Å². The van der Waals surface area contributed by atoms with E-state index in [1.54, 1.807) is 6.07 Å². The molecule has 0 aromatic heterocycles. The van der Waals surface area contributed by atoms with Crippen LogP contribution in [0.5, 0.6) is 0 Å². The molecule has 1 aliphatic rings. The first kappa shape index (κ1) is 14.5. The van der Waals surface area contributed by atoms with Crippen LogP contribution in [0.1, 0.15) is 42.5 Å². The fourth-order valence-electron chi connectivity index (χ4n) is 2.46. The summed E-state index contributed by atoms with van der Waals surface area (Å²) in [6.45, 7) is 0. The van der Waals surface area contributed by atoms with Gasteiger partial charge in [0.15, 0.2) is 9.84 Å². The topological polar surface area (TPSA) is 71.4 Å². The van der Waals surface area contributed by atoms with Crippen LogP contribution in [0.4, 0.5) is 0 Å². The molecule has 0 unspecified atom stereocenters. The molecule has 1 N–H and O–H groups in total. The van der Waals surface area contributed by atoms with Gasteiger partial charge in [-0.05, 0) is 31.0 Å². The Hall–Kier alpha value is -0.880. The van der Waals surface area contributed by atoms with Crippen molar-refractivity contribution in [2.45, 2.75) is 42.2 Å². The van der Waals surface area contributed by atoms with Gasteiger partial charge in [0, 0.05) is 4.47 Å². The predicted molar refractivity (Wildman–Crippen MR) is 75.2 cm³/mol. The lowest BCUT2D eigenvalue weighted by atomic mass is 10.0. The van der Waals surface area contributed by atoms with Crippen LogP contribution in [0.25, 0.3) is 0 Å². The minimum absolute atomic E-state index is 0.0683. The fourth-order valence-corrected chi connectivity index (χ4v) is 5.04. The lowest BCUT2D eigenvalue weighted by molar-refractivity contribution is 0.0692. The van der Waals surface area contributed by atoms with Crippen molar-refractivity contribution < 1.29 is 18.3 Å². The van der Waals surface area contributed by atoms with Crippen LogP contribution in [0.2, 0.25) is 0 Å². The SMILES string of the molecule is O=C(O)c1ccc(Br)cc1S(=O)(=O)C1CCCCC1. The third-order valence-corrected chi connectivity index (χ3v) is 6.26. The van der Waals surface area contributed by atoms with Gasteiger partial charge in [-0.2, -0.15) is 0 Å². The van der Waals surface area contributed by atoms with Crippen LogP contribution in [0.15, 0.2) is 27.6 Å². The van der Waals surface area contributed by atoms with Gasteiger partial charge in [0.05, 0.1) is 15.7 Å². The van der Waals surface area contributed by atoms with Gasteiger partial charge in [-0.25, -0.2) is 13.2 Å². The van der Waals surface area contributed by atoms with Crippen molar-refractivity contribution >= 4 is 31.7 Å². The second-order valence-electron chi connectivity index (χ2n) is 4.75. The van der Waals surface area contributed by atoms with E-state index < -0.39 is 21.1 Å². The average molecular weight is 347 g/mol. The van der Waals surface area contributed by atoms with Gasteiger partial charge in [0.2, 0.25) is 0 Å². The summed E-state index contributed by atoms with van der Waals surface area (Å²) in [5.74, 6) is -1.21. The zero-order valence-electron chi connectivity index (χ0n) is 10.3.